The summed E-state index contributed by atoms with van der Waals surface area (Å²) in [6.07, 6.45) is 0. The maximum absolute atomic E-state index is 12.2. The molecular formula is C17H13N3O6. The van der Waals surface area contributed by atoms with Crippen LogP contribution in [0.15, 0.2) is 52.1 Å². The molecule has 0 amide bonds. The molecule has 26 heavy (non-hydrogen) atoms. The van der Waals surface area contributed by atoms with Crippen LogP contribution in [0.25, 0.3) is 11.0 Å². The first-order chi connectivity index (χ1) is 12.4. The predicted molar refractivity (Wildman–Crippen MR) is 92.4 cm³/mol. The second-order valence-corrected chi connectivity index (χ2v) is 5.49. The summed E-state index contributed by atoms with van der Waals surface area (Å²) in [6, 6.07) is 10.2. The van der Waals surface area contributed by atoms with Crippen molar-refractivity contribution in [3.63, 3.8) is 0 Å². The number of hydrogen-bond donors (Lipinski definition) is 1. The summed E-state index contributed by atoms with van der Waals surface area (Å²) in [6.45, 7) is 0.0680. The van der Waals surface area contributed by atoms with Crippen LogP contribution in [0.3, 0.4) is 0 Å². The van der Waals surface area contributed by atoms with E-state index in [0.29, 0.717) is 16.6 Å². The van der Waals surface area contributed by atoms with E-state index in [1.165, 1.54) is 29.9 Å². The van der Waals surface area contributed by atoms with Crippen molar-refractivity contribution in [3.05, 3.63) is 84.4 Å². The molecule has 3 rings (SSSR count). The number of aromatic nitrogens is 2. The topological polar surface area (TPSA) is 124 Å². The van der Waals surface area contributed by atoms with Crippen LogP contribution in [0.5, 0.6) is 0 Å². The van der Waals surface area contributed by atoms with E-state index in [-0.39, 0.29) is 17.7 Å². The van der Waals surface area contributed by atoms with Gasteiger partial charge in [0.05, 0.1) is 35.2 Å². The minimum absolute atomic E-state index is 0.0680. The van der Waals surface area contributed by atoms with Crippen molar-refractivity contribution in [2.75, 3.05) is 7.11 Å². The first-order valence-corrected chi connectivity index (χ1v) is 7.49. The fourth-order valence-electron chi connectivity index (χ4n) is 2.58. The lowest BCUT2D eigenvalue weighted by atomic mass is 10.1. The summed E-state index contributed by atoms with van der Waals surface area (Å²) < 4.78 is 5.85. The highest BCUT2D eigenvalue weighted by Gasteiger charge is 2.13. The van der Waals surface area contributed by atoms with Gasteiger partial charge in [0.2, 0.25) is 0 Å². The van der Waals surface area contributed by atoms with Crippen molar-refractivity contribution < 1.29 is 14.5 Å². The summed E-state index contributed by atoms with van der Waals surface area (Å²) >= 11 is 0. The number of rotatable bonds is 4. The Morgan fingerprint density at radius 1 is 1.19 bits per heavy atom. The van der Waals surface area contributed by atoms with E-state index in [1.807, 2.05) is 0 Å². The first-order valence-electron chi connectivity index (χ1n) is 7.49. The van der Waals surface area contributed by atoms with Crippen LogP contribution in [-0.4, -0.2) is 27.6 Å². The Labute approximate surface area is 145 Å². The zero-order valence-corrected chi connectivity index (χ0v) is 13.6. The molecule has 0 spiro atoms. The summed E-state index contributed by atoms with van der Waals surface area (Å²) in [5.74, 6) is -0.484. The number of esters is 1. The molecule has 0 aliphatic carbocycles. The Bertz CT molecular complexity index is 1130. The second-order valence-electron chi connectivity index (χ2n) is 5.49. The summed E-state index contributed by atoms with van der Waals surface area (Å²) in [5, 5.41) is 10.9. The molecule has 3 aromatic rings. The largest absolute Gasteiger partial charge is 0.465 e. The Balaban J connectivity index is 2.08. The van der Waals surface area contributed by atoms with Gasteiger partial charge < -0.3 is 9.72 Å². The standard InChI is InChI=1S/C17H13N3O6/c1-26-17(23)11-4-2-10(3-5-11)9-19-14-7-6-12(20(24)25)8-13(14)18-15(21)16(19)22/h2-8H,9H2,1H3,(H,18,21). The van der Waals surface area contributed by atoms with Gasteiger partial charge in [0, 0.05) is 12.1 Å². The normalized spacial score (nSPS) is 10.7. The molecular weight excluding hydrogens is 342 g/mol. The highest BCUT2D eigenvalue weighted by molar-refractivity contribution is 5.89. The molecule has 0 radical (unpaired) electrons. The monoisotopic (exact) mass is 355 g/mol. The van der Waals surface area contributed by atoms with E-state index in [9.17, 15) is 24.5 Å². The van der Waals surface area contributed by atoms with Gasteiger partial charge in [-0.25, -0.2) is 4.79 Å². The van der Waals surface area contributed by atoms with Crippen LogP contribution in [0, 0.1) is 10.1 Å². The Morgan fingerprint density at radius 2 is 1.88 bits per heavy atom. The molecule has 0 bridgehead atoms. The van der Waals surface area contributed by atoms with E-state index in [4.69, 9.17) is 0 Å². The molecule has 9 nitrogen and oxygen atoms in total. The molecule has 9 heteroatoms. The van der Waals surface area contributed by atoms with Crippen molar-refractivity contribution in [1.29, 1.82) is 0 Å². The van der Waals surface area contributed by atoms with Gasteiger partial charge in [0.15, 0.2) is 0 Å². The Kier molecular flexibility index (Phi) is 4.36. The highest BCUT2D eigenvalue weighted by atomic mass is 16.6. The third-order valence-electron chi connectivity index (χ3n) is 3.89. The molecule has 0 unspecified atom stereocenters. The van der Waals surface area contributed by atoms with E-state index in [2.05, 4.69) is 9.72 Å². The minimum Gasteiger partial charge on any atom is -0.465 e. The van der Waals surface area contributed by atoms with Gasteiger partial charge in [-0.05, 0) is 23.8 Å². The van der Waals surface area contributed by atoms with E-state index in [1.54, 1.807) is 24.3 Å². The molecule has 2 aromatic carbocycles. The number of nitrogens with one attached hydrogen (secondary N) is 1. The van der Waals surface area contributed by atoms with Gasteiger partial charge in [-0.1, -0.05) is 12.1 Å². The minimum atomic E-state index is -0.871. The van der Waals surface area contributed by atoms with Crippen LogP contribution >= 0.6 is 0 Å². The van der Waals surface area contributed by atoms with Gasteiger partial charge >= 0.3 is 17.1 Å². The fourth-order valence-corrected chi connectivity index (χ4v) is 2.58. The lowest BCUT2D eigenvalue weighted by Gasteiger charge is -2.10. The smallest absolute Gasteiger partial charge is 0.337 e. The fraction of sp³-hybridized carbons (Fsp3) is 0.118. The van der Waals surface area contributed by atoms with Crippen molar-refractivity contribution in [1.82, 2.24) is 9.55 Å². The zero-order valence-electron chi connectivity index (χ0n) is 13.6. The number of benzene rings is 2. The number of carbonyl (C=O) groups excluding carboxylic acids is 1. The number of nitrogens with zero attached hydrogens (tertiary/aromatic N) is 2. The van der Waals surface area contributed by atoms with Crippen molar-refractivity contribution in [2.45, 2.75) is 6.54 Å². The van der Waals surface area contributed by atoms with Crippen LogP contribution < -0.4 is 11.1 Å². The highest BCUT2D eigenvalue weighted by Crippen LogP contribution is 2.18. The van der Waals surface area contributed by atoms with Gasteiger partial charge in [-0.2, -0.15) is 0 Å². The number of H-pyrrole nitrogens is 1. The number of methoxy groups -OCH3 is 1. The molecule has 0 saturated carbocycles. The lowest BCUT2D eigenvalue weighted by Crippen LogP contribution is -2.36. The van der Waals surface area contributed by atoms with Crippen LogP contribution in [0.2, 0.25) is 0 Å². The van der Waals surface area contributed by atoms with Gasteiger partial charge in [-0.15, -0.1) is 0 Å². The number of ether oxygens (including phenoxy) is 1. The number of carbonyl (C=O) groups is 1. The number of aromatic amines is 1. The third-order valence-corrected chi connectivity index (χ3v) is 3.89. The number of hydrogen-bond acceptors (Lipinski definition) is 6. The average molecular weight is 355 g/mol. The van der Waals surface area contributed by atoms with Crippen molar-refractivity contribution in [3.8, 4) is 0 Å². The molecule has 1 aromatic heterocycles. The lowest BCUT2D eigenvalue weighted by molar-refractivity contribution is -0.384. The van der Waals surface area contributed by atoms with Gasteiger partial charge in [0.25, 0.3) is 5.69 Å². The van der Waals surface area contributed by atoms with E-state index >= 15 is 0 Å². The number of nitro benzene ring substituents is 1. The molecule has 1 heterocycles. The maximum atomic E-state index is 12.2. The third kappa shape index (κ3) is 3.09. The quantitative estimate of drug-likeness (QED) is 0.327. The van der Waals surface area contributed by atoms with Crippen molar-refractivity contribution >= 4 is 22.7 Å². The second kappa shape index (κ2) is 6.63. The number of fused-ring (bicyclic) bond motifs is 1. The van der Waals surface area contributed by atoms with E-state index in [0.717, 1.165) is 0 Å². The summed E-state index contributed by atoms with van der Waals surface area (Å²) in [4.78, 5) is 48.3. The molecule has 0 atom stereocenters. The molecule has 0 aliphatic rings. The molecule has 132 valence electrons. The predicted octanol–water partition coefficient (Wildman–Crippen LogP) is 1.43. The average Bonchev–Trinajstić information content (AvgIpc) is 2.64. The Morgan fingerprint density at radius 3 is 2.50 bits per heavy atom. The molecule has 1 N–H and O–H groups in total. The molecule has 0 aliphatic heterocycles. The van der Waals surface area contributed by atoms with Crippen molar-refractivity contribution in [2.24, 2.45) is 0 Å². The maximum Gasteiger partial charge on any atom is 0.337 e. The zero-order chi connectivity index (χ0) is 18.8. The molecule has 0 saturated heterocycles. The van der Waals surface area contributed by atoms with Crippen LogP contribution in [0.1, 0.15) is 15.9 Å². The SMILES string of the molecule is COC(=O)c1ccc(Cn2c(=O)c(=O)[nH]c3cc([N+](=O)[O-])ccc32)cc1. The number of nitro groups is 1. The van der Waals surface area contributed by atoms with Crippen LogP contribution in [-0.2, 0) is 11.3 Å². The first kappa shape index (κ1) is 17.1. The number of non-ortho nitro benzene ring substituents is 1. The van der Waals surface area contributed by atoms with Gasteiger partial charge in [-0.3, -0.25) is 24.3 Å². The Hall–Kier alpha value is -3.75. The van der Waals surface area contributed by atoms with E-state index < -0.39 is 22.0 Å². The van der Waals surface area contributed by atoms with Crippen LogP contribution in [0.4, 0.5) is 5.69 Å². The summed E-state index contributed by atoms with van der Waals surface area (Å²) in [5.41, 5.74) is -0.263. The van der Waals surface area contributed by atoms with Gasteiger partial charge in [0.1, 0.15) is 0 Å². The molecule has 0 fully saturated rings. The summed E-state index contributed by atoms with van der Waals surface area (Å²) in [7, 11) is 1.28.